The highest BCUT2D eigenvalue weighted by atomic mass is 16.6. The summed E-state index contributed by atoms with van der Waals surface area (Å²) in [4.78, 5) is 24.2. The Balaban J connectivity index is 1.94. The van der Waals surface area contributed by atoms with Gasteiger partial charge >= 0.3 is 6.09 Å². The normalized spacial score (nSPS) is 16.3. The highest BCUT2D eigenvalue weighted by Gasteiger charge is 2.22. The summed E-state index contributed by atoms with van der Waals surface area (Å²) in [5.74, 6) is -0.208. The van der Waals surface area contributed by atoms with Gasteiger partial charge in [0.2, 0.25) is 0 Å². The minimum absolute atomic E-state index is 0.0685. The zero-order chi connectivity index (χ0) is 15.2. The molecule has 6 heteroatoms. The van der Waals surface area contributed by atoms with Gasteiger partial charge in [-0.25, -0.2) is 4.79 Å². The Morgan fingerprint density at radius 3 is 2.67 bits per heavy atom. The summed E-state index contributed by atoms with van der Waals surface area (Å²) >= 11 is 0. The van der Waals surface area contributed by atoms with Gasteiger partial charge < -0.3 is 9.64 Å². The van der Waals surface area contributed by atoms with Crippen LogP contribution in [0.4, 0.5) is 10.5 Å². The average Bonchev–Trinajstić information content (AvgIpc) is 2.53. The first-order valence-corrected chi connectivity index (χ1v) is 7.24. The number of amides is 1. The molecular weight excluding hydrogens is 272 g/mol. The molecule has 1 aromatic carbocycles. The van der Waals surface area contributed by atoms with Crippen molar-refractivity contribution in [1.29, 1.82) is 0 Å². The number of benzene rings is 1. The lowest BCUT2D eigenvalue weighted by molar-refractivity contribution is -0.385. The first-order valence-electron chi connectivity index (χ1n) is 7.24. The third-order valence-corrected chi connectivity index (χ3v) is 3.74. The number of nitro groups is 1. The van der Waals surface area contributed by atoms with E-state index in [4.69, 9.17) is 4.74 Å². The number of carbonyl (C=O) groups is 1. The van der Waals surface area contributed by atoms with Crippen molar-refractivity contribution in [3.05, 3.63) is 39.9 Å². The number of nitrogens with zero attached hydrogens (tertiary/aromatic N) is 2. The minimum Gasteiger partial charge on any atom is -0.449 e. The molecule has 2 rings (SSSR count). The lowest BCUT2D eigenvalue weighted by Crippen LogP contribution is -2.36. The lowest BCUT2D eigenvalue weighted by Gasteiger charge is -2.26. The molecule has 1 fully saturated rings. The molecule has 0 aromatic heterocycles. The maximum atomic E-state index is 11.9. The van der Waals surface area contributed by atoms with Gasteiger partial charge in [0, 0.05) is 30.6 Å². The Hall–Kier alpha value is -2.11. The predicted octanol–water partition coefficient (Wildman–Crippen LogP) is 3.32. The zero-order valence-corrected chi connectivity index (χ0v) is 12.2. The SMILES string of the molecule is CC(COC(=O)N1CCCCC1)c1ccccc1[N+](=O)[O-]. The van der Waals surface area contributed by atoms with Gasteiger partial charge in [-0.15, -0.1) is 0 Å². The van der Waals surface area contributed by atoms with Crippen molar-refractivity contribution >= 4 is 11.8 Å². The molecular formula is C15H20N2O4. The summed E-state index contributed by atoms with van der Waals surface area (Å²) in [6, 6.07) is 6.56. The van der Waals surface area contributed by atoms with Crippen molar-refractivity contribution in [2.45, 2.75) is 32.1 Å². The Labute approximate surface area is 123 Å². The van der Waals surface area contributed by atoms with Crippen LogP contribution in [0.1, 0.15) is 37.7 Å². The summed E-state index contributed by atoms with van der Waals surface area (Å²) in [5.41, 5.74) is 0.660. The van der Waals surface area contributed by atoms with E-state index in [9.17, 15) is 14.9 Å². The van der Waals surface area contributed by atoms with E-state index in [1.807, 2.05) is 6.92 Å². The van der Waals surface area contributed by atoms with Gasteiger partial charge in [0.15, 0.2) is 0 Å². The molecule has 21 heavy (non-hydrogen) atoms. The molecule has 114 valence electrons. The number of likely N-dealkylation sites (tertiary alicyclic amines) is 1. The van der Waals surface area contributed by atoms with Crippen LogP contribution in [0.25, 0.3) is 0 Å². The van der Waals surface area contributed by atoms with Crippen molar-refractivity contribution in [1.82, 2.24) is 4.90 Å². The molecule has 1 aliphatic rings. The summed E-state index contributed by atoms with van der Waals surface area (Å²) in [7, 11) is 0. The van der Waals surface area contributed by atoms with E-state index in [0.717, 1.165) is 32.4 Å². The van der Waals surface area contributed by atoms with Crippen LogP contribution in [0.5, 0.6) is 0 Å². The number of para-hydroxylation sites is 1. The maximum Gasteiger partial charge on any atom is 0.409 e. The smallest absolute Gasteiger partial charge is 0.409 e. The van der Waals surface area contributed by atoms with Gasteiger partial charge in [-0.05, 0) is 19.3 Å². The van der Waals surface area contributed by atoms with Crippen molar-refractivity contribution in [2.75, 3.05) is 19.7 Å². The van der Waals surface area contributed by atoms with E-state index < -0.39 is 4.92 Å². The molecule has 1 aliphatic heterocycles. The fourth-order valence-corrected chi connectivity index (χ4v) is 2.52. The van der Waals surface area contributed by atoms with Gasteiger partial charge in [-0.1, -0.05) is 25.1 Å². The Morgan fingerprint density at radius 1 is 1.33 bits per heavy atom. The number of hydrogen-bond acceptors (Lipinski definition) is 4. The number of carbonyl (C=O) groups excluding carboxylic acids is 1. The second-order valence-corrected chi connectivity index (χ2v) is 5.34. The van der Waals surface area contributed by atoms with Gasteiger partial charge in [0.1, 0.15) is 6.61 Å². The standard InChI is InChI=1S/C15H20N2O4/c1-12(13-7-3-4-8-14(13)17(19)20)11-21-15(18)16-9-5-2-6-10-16/h3-4,7-8,12H,2,5-6,9-11H2,1H3. The lowest BCUT2D eigenvalue weighted by atomic mass is 10.0. The van der Waals surface area contributed by atoms with Crippen LogP contribution in [0.2, 0.25) is 0 Å². The second-order valence-electron chi connectivity index (χ2n) is 5.34. The molecule has 0 spiro atoms. The van der Waals surface area contributed by atoms with E-state index in [0.29, 0.717) is 5.56 Å². The molecule has 1 amide bonds. The van der Waals surface area contributed by atoms with Gasteiger partial charge in [-0.2, -0.15) is 0 Å². The molecule has 1 saturated heterocycles. The monoisotopic (exact) mass is 292 g/mol. The minimum atomic E-state index is -0.404. The van der Waals surface area contributed by atoms with Crippen molar-refractivity contribution in [2.24, 2.45) is 0 Å². The Kier molecular flexibility index (Phi) is 5.14. The number of hydrogen-bond donors (Lipinski definition) is 0. The highest BCUT2D eigenvalue weighted by Crippen LogP contribution is 2.26. The van der Waals surface area contributed by atoms with Crippen LogP contribution in [0, 0.1) is 10.1 Å². The summed E-state index contributed by atoms with van der Waals surface area (Å²) in [6.45, 7) is 3.45. The zero-order valence-electron chi connectivity index (χ0n) is 12.2. The van der Waals surface area contributed by atoms with E-state index >= 15 is 0 Å². The predicted molar refractivity (Wildman–Crippen MR) is 78.3 cm³/mol. The van der Waals surface area contributed by atoms with Crippen LogP contribution < -0.4 is 0 Å². The van der Waals surface area contributed by atoms with Crippen LogP contribution in [-0.4, -0.2) is 35.6 Å². The van der Waals surface area contributed by atoms with Crippen molar-refractivity contribution in [3.8, 4) is 0 Å². The molecule has 0 N–H and O–H groups in total. The topological polar surface area (TPSA) is 72.7 Å². The quantitative estimate of drug-likeness (QED) is 0.630. The Morgan fingerprint density at radius 2 is 2.00 bits per heavy atom. The van der Waals surface area contributed by atoms with Gasteiger partial charge in [0.25, 0.3) is 5.69 Å². The number of rotatable bonds is 4. The molecule has 1 unspecified atom stereocenters. The third-order valence-electron chi connectivity index (χ3n) is 3.74. The largest absolute Gasteiger partial charge is 0.449 e. The molecule has 0 radical (unpaired) electrons. The van der Waals surface area contributed by atoms with Gasteiger partial charge in [0.05, 0.1) is 4.92 Å². The van der Waals surface area contributed by atoms with Crippen LogP contribution >= 0.6 is 0 Å². The molecule has 1 atom stereocenters. The van der Waals surface area contributed by atoms with Crippen molar-refractivity contribution < 1.29 is 14.5 Å². The number of nitro benzene ring substituents is 1. The van der Waals surface area contributed by atoms with E-state index in [1.54, 1.807) is 23.1 Å². The fraction of sp³-hybridized carbons (Fsp3) is 0.533. The first kappa shape index (κ1) is 15.3. The molecule has 0 bridgehead atoms. The summed E-state index contributed by atoms with van der Waals surface area (Å²) in [6.07, 6.45) is 2.85. The molecule has 6 nitrogen and oxygen atoms in total. The Bertz CT molecular complexity index is 512. The number of ether oxygens (including phenoxy) is 1. The van der Waals surface area contributed by atoms with Gasteiger partial charge in [-0.3, -0.25) is 10.1 Å². The molecule has 1 aromatic rings. The van der Waals surface area contributed by atoms with E-state index in [-0.39, 0.29) is 24.3 Å². The number of piperidine rings is 1. The van der Waals surface area contributed by atoms with Crippen LogP contribution in [0.15, 0.2) is 24.3 Å². The average molecular weight is 292 g/mol. The fourth-order valence-electron chi connectivity index (χ4n) is 2.52. The highest BCUT2D eigenvalue weighted by molar-refractivity contribution is 5.67. The molecule has 0 aliphatic carbocycles. The third kappa shape index (κ3) is 3.93. The second kappa shape index (κ2) is 7.06. The van der Waals surface area contributed by atoms with E-state index in [2.05, 4.69) is 0 Å². The first-order chi connectivity index (χ1) is 10.1. The van der Waals surface area contributed by atoms with Crippen LogP contribution in [0.3, 0.4) is 0 Å². The molecule has 0 saturated carbocycles. The maximum absolute atomic E-state index is 11.9. The summed E-state index contributed by atoms with van der Waals surface area (Å²) < 4.78 is 5.30. The van der Waals surface area contributed by atoms with Crippen LogP contribution in [-0.2, 0) is 4.74 Å². The van der Waals surface area contributed by atoms with E-state index in [1.165, 1.54) is 6.07 Å². The molecule has 1 heterocycles. The summed E-state index contributed by atoms with van der Waals surface area (Å²) in [5, 5.41) is 11.0. The van der Waals surface area contributed by atoms with Crippen molar-refractivity contribution in [3.63, 3.8) is 0 Å².